The van der Waals surface area contributed by atoms with E-state index in [-0.39, 0.29) is 0 Å². The van der Waals surface area contributed by atoms with Crippen molar-refractivity contribution in [1.82, 2.24) is 4.98 Å². The minimum atomic E-state index is 0.663. The minimum absolute atomic E-state index is 0.663. The molecule has 3 rings (SSSR count). The van der Waals surface area contributed by atoms with Crippen LogP contribution in [0.25, 0.3) is 0 Å². The van der Waals surface area contributed by atoms with Gasteiger partial charge in [-0.25, -0.2) is 4.98 Å². The van der Waals surface area contributed by atoms with Gasteiger partial charge in [0.15, 0.2) is 0 Å². The molecule has 2 heterocycles. The van der Waals surface area contributed by atoms with E-state index in [1.807, 2.05) is 19.1 Å². The van der Waals surface area contributed by atoms with E-state index < -0.39 is 0 Å². The fourth-order valence-electron chi connectivity index (χ4n) is 3.11. The average molecular weight is 306 g/mol. The average Bonchev–Trinajstić information content (AvgIpc) is 2.57. The Labute approximate surface area is 138 Å². The van der Waals surface area contributed by atoms with Gasteiger partial charge in [0.1, 0.15) is 11.9 Å². The molecule has 0 atom stereocenters. The van der Waals surface area contributed by atoms with E-state index in [1.54, 1.807) is 0 Å². The summed E-state index contributed by atoms with van der Waals surface area (Å²) in [5.41, 5.74) is 5.62. The molecule has 0 saturated carbocycles. The van der Waals surface area contributed by atoms with E-state index in [0.717, 1.165) is 37.7 Å². The van der Waals surface area contributed by atoms with Crippen LogP contribution in [0.2, 0.25) is 0 Å². The molecular weight excluding hydrogens is 284 g/mol. The quantitative estimate of drug-likeness (QED) is 0.854. The Morgan fingerprint density at radius 2 is 1.65 bits per heavy atom. The van der Waals surface area contributed by atoms with Gasteiger partial charge in [-0.1, -0.05) is 12.1 Å². The number of anilines is 2. The Kier molecular flexibility index (Phi) is 4.20. The Bertz CT molecular complexity index is 752. The number of benzene rings is 1. The zero-order valence-electron chi connectivity index (χ0n) is 14.0. The first-order chi connectivity index (χ1) is 11.1. The van der Waals surface area contributed by atoms with Gasteiger partial charge >= 0.3 is 0 Å². The summed E-state index contributed by atoms with van der Waals surface area (Å²) in [5.74, 6) is 0.827. The summed E-state index contributed by atoms with van der Waals surface area (Å²) in [5, 5.41) is 9.31. The molecule has 0 aliphatic carbocycles. The van der Waals surface area contributed by atoms with Crippen molar-refractivity contribution in [3.63, 3.8) is 0 Å². The fraction of sp³-hybridized carbons (Fsp3) is 0.368. The van der Waals surface area contributed by atoms with Crippen LogP contribution in [0.3, 0.4) is 0 Å². The first-order valence-corrected chi connectivity index (χ1v) is 8.04. The largest absolute Gasteiger partial charge is 0.368 e. The van der Waals surface area contributed by atoms with Crippen LogP contribution >= 0.6 is 0 Å². The van der Waals surface area contributed by atoms with E-state index in [0.29, 0.717) is 5.56 Å². The third-order valence-corrected chi connectivity index (χ3v) is 4.63. The Hall–Kier alpha value is -2.54. The van der Waals surface area contributed by atoms with Crippen molar-refractivity contribution in [1.29, 1.82) is 5.26 Å². The second-order valence-electron chi connectivity index (χ2n) is 6.13. The molecule has 4 nitrogen and oxygen atoms in total. The second kappa shape index (κ2) is 6.29. The molecule has 1 saturated heterocycles. The van der Waals surface area contributed by atoms with Crippen LogP contribution in [0.5, 0.6) is 0 Å². The maximum absolute atomic E-state index is 9.31. The molecule has 23 heavy (non-hydrogen) atoms. The molecule has 0 spiro atoms. The van der Waals surface area contributed by atoms with Gasteiger partial charge in [0.05, 0.1) is 5.56 Å². The Morgan fingerprint density at radius 3 is 2.35 bits per heavy atom. The third-order valence-electron chi connectivity index (χ3n) is 4.63. The van der Waals surface area contributed by atoms with Crippen molar-refractivity contribution in [2.24, 2.45) is 0 Å². The number of hydrogen-bond acceptors (Lipinski definition) is 4. The van der Waals surface area contributed by atoms with Crippen molar-refractivity contribution < 1.29 is 0 Å². The summed E-state index contributed by atoms with van der Waals surface area (Å²) in [4.78, 5) is 9.24. The molecule has 0 N–H and O–H groups in total. The Morgan fingerprint density at radius 1 is 0.957 bits per heavy atom. The Balaban J connectivity index is 1.78. The highest BCUT2D eigenvalue weighted by Crippen LogP contribution is 2.26. The third kappa shape index (κ3) is 3.00. The van der Waals surface area contributed by atoms with Crippen LogP contribution in [0.15, 0.2) is 30.3 Å². The number of hydrogen-bond donors (Lipinski definition) is 0. The molecule has 1 aromatic heterocycles. The predicted molar refractivity (Wildman–Crippen MR) is 94.0 cm³/mol. The van der Waals surface area contributed by atoms with Gasteiger partial charge in [-0.2, -0.15) is 5.26 Å². The summed E-state index contributed by atoms with van der Waals surface area (Å²) < 4.78 is 0. The van der Waals surface area contributed by atoms with Crippen LogP contribution in [0.4, 0.5) is 11.5 Å². The van der Waals surface area contributed by atoms with Crippen molar-refractivity contribution >= 4 is 11.5 Å². The SMILES string of the molecule is Cc1ccc(C#N)c(N2CCN(c3cccc(C)c3C)CC2)n1. The lowest BCUT2D eigenvalue weighted by molar-refractivity contribution is 0.645. The first-order valence-electron chi connectivity index (χ1n) is 8.04. The van der Waals surface area contributed by atoms with Crippen LogP contribution in [0.1, 0.15) is 22.4 Å². The van der Waals surface area contributed by atoms with E-state index >= 15 is 0 Å². The lowest BCUT2D eigenvalue weighted by Crippen LogP contribution is -2.47. The molecule has 0 bridgehead atoms. The molecule has 1 aliphatic rings. The van der Waals surface area contributed by atoms with Gasteiger partial charge in [0.2, 0.25) is 0 Å². The van der Waals surface area contributed by atoms with Crippen molar-refractivity contribution in [3.8, 4) is 6.07 Å². The fourth-order valence-corrected chi connectivity index (χ4v) is 3.11. The lowest BCUT2D eigenvalue weighted by Gasteiger charge is -2.38. The lowest BCUT2D eigenvalue weighted by atomic mass is 10.1. The second-order valence-corrected chi connectivity index (χ2v) is 6.13. The molecule has 4 heteroatoms. The van der Waals surface area contributed by atoms with Gasteiger partial charge in [-0.15, -0.1) is 0 Å². The number of aryl methyl sites for hydroxylation is 2. The molecule has 0 amide bonds. The van der Waals surface area contributed by atoms with E-state index in [2.05, 4.69) is 52.9 Å². The van der Waals surface area contributed by atoms with Crippen molar-refractivity contribution in [2.45, 2.75) is 20.8 Å². The van der Waals surface area contributed by atoms with E-state index in [9.17, 15) is 5.26 Å². The molecule has 0 unspecified atom stereocenters. The van der Waals surface area contributed by atoms with E-state index in [4.69, 9.17) is 0 Å². The van der Waals surface area contributed by atoms with Crippen molar-refractivity contribution in [3.05, 3.63) is 52.7 Å². The summed E-state index contributed by atoms with van der Waals surface area (Å²) in [6, 6.07) is 12.5. The standard InChI is InChI=1S/C19H22N4/c1-14-5-4-6-18(16(14)3)22-9-11-23(12-10-22)19-17(13-20)8-7-15(2)21-19/h4-8H,9-12H2,1-3H3. The smallest absolute Gasteiger partial charge is 0.146 e. The summed E-state index contributed by atoms with van der Waals surface area (Å²) in [6.45, 7) is 9.99. The van der Waals surface area contributed by atoms with E-state index in [1.165, 1.54) is 16.8 Å². The van der Waals surface area contributed by atoms with Gasteiger partial charge in [0.25, 0.3) is 0 Å². The molecule has 2 aromatic rings. The summed E-state index contributed by atoms with van der Waals surface area (Å²) >= 11 is 0. The number of piperazine rings is 1. The van der Waals surface area contributed by atoms with Crippen LogP contribution in [-0.2, 0) is 0 Å². The normalized spacial score (nSPS) is 14.7. The van der Waals surface area contributed by atoms with Gasteiger partial charge in [0, 0.05) is 37.6 Å². The van der Waals surface area contributed by atoms with Gasteiger partial charge in [-0.3, -0.25) is 0 Å². The number of pyridine rings is 1. The summed E-state index contributed by atoms with van der Waals surface area (Å²) in [7, 11) is 0. The first kappa shape index (κ1) is 15.4. The highest BCUT2D eigenvalue weighted by atomic mass is 15.3. The number of rotatable bonds is 2. The maximum atomic E-state index is 9.31. The molecule has 1 aliphatic heterocycles. The molecule has 118 valence electrons. The topological polar surface area (TPSA) is 43.2 Å². The molecule has 1 aromatic carbocycles. The highest BCUT2D eigenvalue weighted by molar-refractivity contribution is 5.59. The number of nitrogens with zero attached hydrogens (tertiary/aromatic N) is 4. The van der Waals surface area contributed by atoms with Gasteiger partial charge < -0.3 is 9.80 Å². The minimum Gasteiger partial charge on any atom is -0.368 e. The molecular formula is C19H22N4. The predicted octanol–water partition coefficient (Wildman–Crippen LogP) is 3.21. The van der Waals surface area contributed by atoms with Crippen LogP contribution in [-0.4, -0.2) is 31.2 Å². The molecule has 1 fully saturated rings. The van der Waals surface area contributed by atoms with Crippen LogP contribution < -0.4 is 9.80 Å². The molecule has 0 radical (unpaired) electrons. The maximum Gasteiger partial charge on any atom is 0.146 e. The monoisotopic (exact) mass is 306 g/mol. The number of aromatic nitrogens is 1. The van der Waals surface area contributed by atoms with Crippen LogP contribution in [0, 0.1) is 32.1 Å². The number of nitriles is 1. The zero-order valence-corrected chi connectivity index (χ0v) is 14.0. The zero-order chi connectivity index (χ0) is 16.4. The van der Waals surface area contributed by atoms with Crippen molar-refractivity contribution in [2.75, 3.05) is 36.0 Å². The summed E-state index contributed by atoms with van der Waals surface area (Å²) in [6.07, 6.45) is 0. The van der Waals surface area contributed by atoms with Gasteiger partial charge in [-0.05, 0) is 50.1 Å². The highest BCUT2D eigenvalue weighted by Gasteiger charge is 2.21.